The van der Waals surface area contributed by atoms with Gasteiger partial charge in [-0.3, -0.25) is 44.6 Å². The first-order valence-corrected chi connectivity index (χ1v) is 20.3. The Balaban J connectivity index is 0.859. The van der Waals surface area contributed by atoms with Crippen molar-refractivity contribution in [2.45, 2.75) is 44.4 Å². The van der Waals surface area contributed by atoms with Crippen LogP contribution in [0.15, 0.2) is 61.1 Å². The van der Waals surface area contributed by atoms with E-state index in [1.165, 1.54) is 16.8 Å². The van der Waals surface area contributed by atoms with Crippen molar-refractivity contribution in [2.75, 3.05) is 52.8 Å². The molecular weight excluding hydrogens is 921 g/mol. The van der Waals surface area contributed by atoms with Crippen LogP contribution >= 0.6 is 0 Å². The molecule has 26 heteroatoms. The number of ether oxygens (including phenoxy) is 5. The summed E-state index contributed by atoms with van der Waals surface area (Å²) in [7, 11) is 0. The van der Waals surface area contributed by atoms with Crippen LogP contribution in [0.25, 0.3) is 16.8 Å². The summed E-state index contributed by atoms with van der Waals surface area (Å²) >= 11 is 0. The zero-order valence-electron chi connectivity index (χ0n) is 35.4. The van der Waals surface area contributed by atoms with Gasteiger partial charge in [-0.05, 0) is 42.8 Å². The number of pyridine rings is 1. The highest BCUT2D eigenvalue weighted by Crippen LogP contribution is 2.43. The number of nitrogens with two attached hydrogens (primary N) is 1. The van der Waals surface area contributed by atoms with Gasteiger partial charge in [0.1, 0.15) is 54.5 Å². The summed E-state index contributed by atoms with van der Waals surface area (Å²) in [4.78, 5) is 67.0. The number of phenolic OH excluding ortho intramolecular Hbond substituents is 1. The summed E-state index contributed by atoms with van der Waals surface area (Å²) in [5, 5.41) is 30.9. The minimum Gasteiger partial charge on any atom is -0.506 e. The molecule has 20 nitrogen and oxygen atoms in total. The molecule has 1 atom stereocenters. The van der Waals surface area contributed by atoms with Gasteiger partial charge < -0.3 is 39.8 Å². The standard InChI is InChI=1S/C42H41F6N9O11/c43-41(44,45)24-16-23(18-51-19-24)35-31(6-4-26(37(35)60)28(49)17-32(50)42(46,47)48)67-10-8-52-34(59)22-66-15-14-65-13-12-64-11-9-56-20-25(54-55-56)21-68-30-3-1-2-27-36(30)40(63)57(39(27)62)29-5-7-33(58)53-38(29)61/h1-4,6,16-20,29,50,60H,5,7-15,21-22,49H2,(H,52,59)(H,53,58,61)/b28-17-,50-32?. The largest absolute Gasteiger partial charge is 0.506 e. The van der Waals surface area contributed by atoms with Crippen LogP contribution < -0.4 is 25.8 Å². The number of carbonyl (C=O) groups excluding carboxylic acids is 5. The fourth-order valence-electron chi connectivity index (χ4n) is 6.69. The maximum Gasteiger partial charge on any atom is 0.432 e. The Bertz CT molecular complexity index is 2590. The third-order valence-corrected chi connectivity index (χ3v) is 9.93. The highest BCUT2D eigenvalue weighted by Gasteiger charge is 2.46. The lowest BCUT2D eigenvalue weighted by Crippen LogP contribution is -2.54. The van der Waals surface area contributed by atoms with Gasteiger partial charge in [-0.1, -0.05) is 11.3 Å². The van der Waals surface area contributed by atoms with Crippen LogP contribution in [0.4, 0.5) is 26.3 Å². The van der Waals surface area contributed by atoms with Crippen LogP contribution in [0.2, 0.25) is 0 Å². The number of aromatic nitrogens is 4. The minimum atomic E-state index is -5.06. The summed E-state index contributed by atoms with van der Waals surface area (Å²) in [6.07, 6.45) is -6.55. The van der Waals surface area contributed by atoms with E-state index in [0.29, 0.717) is 24.5 Å². The van der Waals surface area contributed by atoms with Crippen LogP contribution in [0, 0.1) is 5.41 Å². The molecule has 1 unspecified atom stereocenters. The second-order valence-corrected chi connectivity index (χ2v) is 14.7. The first kappa shape index (κ1) is 50.0. The molecule has 2 aromatic heterocycles. The van der Waals surface area contributed by atoms with Gasteiger partial charge in [0.05, 0.1) is 74.6 Å². The SMILES string of the molecule is N=C(/C=C(\N)c1ccc(OCCNC(=O)COCCOCCOCCn2cc(COc3cccc4c3C(=O)N(C3CCC(=O)NC3=O)C4=O)nn2)c(-c2cncc(C(F)(F)F)c2)c1O)C(F)(F)F. The molecule has 2 aromatic carbocycles. The number of nitrogens with one attached hydrogen (secondary N) is 3. The molecule has 6 rings (SSSR count). The molecule has 4 heterocycles. The number of benzene rings is 2. The van der Waals surface area contributed by atoms with E-state index in [1.807, 2.05) is 0 Å². The van der Waals surface area contributed by atoms with Gasteiger partial charge >= 0.3 is 12.4 Å². The number of carbonyl (C=O) groups is 5. The van der Waals surface area contributed by atoms with E-state index >= 15 is 0 Å². The van der Waals surface area contributed by atoms with Gasteiger partial charge in [0.25, 0.3) is 11.8 Å². The molecule has 0 spiro atoms. The molecule has 4 aromatic rings. The lowest BCUT2D eigenvalue weighted by molar-refractivity contribution is -0.138. The van der Waals surface area contributed by atoms with E-state index in [1.54, 1.807) is 12.3 Å². The molecule has 1 fully saturated rings. The lowest BCUT2D eigenvalue weighted by Gasteiger charge is -2.27. The molecule has 5 amide bonds. The Labute approximate surface area is 380 Å². The van der Waals surface area contributed by atoms with Gasteiger partial charge in [-0.15, -0.1) is 5.10 Å². The van der Waals surface area contributed by atoms with Crippen molar-refractivity contribution in [1.29, 1.82) is 5.41 Å². The average Bonchev–Trinajstić information content (AvgIpc) is 3.85. The smallest absolute Gasteiger partial charge is 0.432 e. The highest BCUT2D eigenvalue weighted by atomic mass is 19.4. The molecule has 0 bridgehead atoms. The van der Waals surface area contributed by atoms with Gasteiger partial charge in [0.15, 0.2) is 0 Å². The fourth-order valence-corrected chi connectivity index (χ4v) is 6.69. The summed E-state index contributed by atoms with van der Waals surface area (Å²) in [6, 6.07) is 6.23. The highest BCUT2D eigenvalue weighted by molar-refractivity contribution is 6.24. The maximum atomic E-state index is 13.5. The number of rotatable bonds is 22. The first-order valence-electron chi connectivity index (χ1n) is 20.3. The number of phenols is 1. The second-order valence-electron chi connectivity index (χ2n) is 14.7. The monoisotopic (exact) mass is 961 g/mol. The summed E-state index contributed by atoms with van der Waals surface area (Å²) in [6.45, 7) is 0.269. The van der Waals surface area contributed by atoms with E-state index < -0.39 is 76.2 Å². The number of halogens is 6. The van der Waals surface area contributed by atoms with Gasteiger partial charge in [0, 0.05) is 35.6 Å². The molecule has 2 aliphatic rings. The zero-order chi connectivity index (χ0) is 49.2. The van der Waals surface area contributed by atoms with Crippen molar-refractivity contribution in [3.63, 3.8) is 0 Å². The second kappa shape index (κ2) is 21.9. The van der Waals surface area contributed by atoms with Crippen LogP contribution in [-0.2, 0) is 47.9 Å². The Morgan fingerprint density at radius 2 is 1.65 bits per heavy atom. The molecule has 0 aliphatic carbocycles. The number of alkyl halides is 6. The third kappa shape index (κ3) is 12.5. The van der Waals surface area contributed by atoms with Crippen LogP contribution in [0.1, 0.15) is 50.4 Å². The quantitative estimate of drug-likeness (QED) is 0.0328. The average molecular weight is 962 g/mol. The van der Waals surface area contributed by atoms with E-state index in [-0.39, 0.29) is 112 Å². The Morgan fingerprint density at radius 1 is 0.926 bits per heavy atom. The number of piperidine rings is 1. The zero-order valence-corrected chi connectivity index (χ0v) is 35.4. The number of imide groups is 2. The number of hydrogen-bond donors (Lipinski definition) is 5. The molecular formula is C42H41F6N9O11. The predicted molar refractivity (Wildman–Crippen MR) is 221 cm³/mol. The lowest BCUT2D eigenvalue weighted by atomic mass is 9.98. The number of hydrogen-bond acceptors (Lipinski definition) is 16. The normalized spacial score (nSPS) is 15.4. The number of nitrogens with zero attached hydrogens (tertiary/aromatic N) is 5. The Morgan fingerprint density at radius 3 is 2.37 bits per heavy atom. The minimum absolute atomic E-state index is 0.00641. The molecule has 1 saturated heterocycles. The van der Waals surface area contributed by atoms with Crippen molar-refractivity contribution in [1.82, 2.24) is 35.5 Å². The van der Waals surface area contributed by atoms with Gasteiger partial charge in [0.2, 0.25) is 17.7 Å². The molecule has 68 heavy (non-hydrogen) atoms. The van der Waals surface area contributed by atoms with E-state index in [2.05, 4.69) is 25.9 Å². The summed E-state index contributed by atoms with van der Waals surface area (Å²) in [5.74, 6) is -4.07. The van der Waals surface area contributed by atoms with Crippen molar-refractivity contribution < 1.29 is 79.1 Å². The summed E-state index contributed by atoms with van der Waals surface area (Å²) < 4.78 is 109. The molecule has 6 N–H and O–H groups in total. The number of amides is 5. The van der Waals surface area contributed by atoms with E-state index in [0.717, 1.165) is 23.2 Å². The topological polar surface area (TPSA) is 272 Å². The number of fused-ring (bicyclic) bond motifs is 1. The van der Waals surface area contributed by atoms with Crippen LogP contribution in [-0.4, -0.2) is 130 Å². The van der Waals surface area contributed by atoms with Gasteiger partial charge in [-0.2, -0.15) is 26.3 Å². The third-order valence-electron chi connectivity index (χ3n) is 9.93. The van der Waals surface area contributed by atoms with Crippen LogP contribution in [0.5, 0.6) is 17.2 Å². The van der Waals surface area contributed by atoms with Crippen molar-refractivity contribution >= 4 is 40.9 Å². The number of aromatic hydroxyl groups is 1. The molecule has 0 radical (unpaired) electrons. The molecule has 362 valence electrons. The van der Waals surface area contributed by atoms with Gasteiger partial charge in [-0.25, -0.2) is 4.68 Å². The fraction of sp³-hybridized carbons (Fsp3) is 0.357. The van der Waals surface area contributed by atoms with E-state index in [9.17, 15) is 55.4 Å². The molecule has 0 saturated carbocycles. The van der Waals surface area contributed by atoms with E-state index in [4.69, 9.17) is 34.8 Å². The Hall–Kier alpha value is -7.45. The number of allylic oxidation sites excluding steroid dienone is 1. The predicted octanol–water partition coefficient (Wildman–Crippen LogP) is 3.17. The van der Waals surface area contributed by atoms with Crippen molar-refractivity contribution in [3.05, 3.63) is 89.0 Å². The van der Waals surface area contributed by atoms with Crippen molar-refractivity contribution in [3.8, 4) is 28.4 Å². The van der Waals surface area contributed by atoms with Crippen LogP contribution in [0.3, 0.4) is 0 Å². The summed E-state index contributed by atoms with van der Waals surface area (Å²) in [5.41, 5.74) is 1.36. The Kier molecular flexibility index (Phi) is 16.1. The molecule has 2 aliphatic heterocycles. The maximum absolute atomic E-state index is 13.5. The first-order chi connectivity index (χ1) is 32.3. The van der Waals surface area contributed by atoms with Crippen molar-refractivity contribution in [2.24, 2.45) is 5.73 Å².